The highest BCUT2D eigenvalue weighted by atomic mass is 32.1. The zero-order valence-corrected chi connectivity index (χ0v) is 20.3. The first-order chi connectivity index (χ1) is 16.0. The van der Waals surface area contributed by atoms with E-state index in [9.17, 15) is 19.1 Å². The van der Waals surface area contributed by atoms with Gasteiger partial charge in [-0.2, -0.15) is 0 Å². The average Bonchev–Trinajstić information content (AvgIpc) is 3.40. The quantitative estimate of drug-likeness (QED) is 0.387. The number of rotatable bonds is 6. The van der Waals surface area contributed by atoms with Crippen LogP contribution in [0.5, 0.6) is 5.75 Å². The Morgan fingerprint density at radius 2 is 2.09 bits per heavy atom. The SMILES string of the molecule is CNC(=O)c1cc2c(-c3sc(C(C)(C)O)cc3OCc3ncc(F)cc3C)cn(C)c(=O)c2[nH]1. The zero-order valence-electron chi connectivity index (χ0n) is 19.4. The van der Waals surface area contributed by atoms with Crippen molar-refractivity contribution in [2.24, 2.45) is 7.05 Å². The van der Waals surface area contributed by atoms with E-state index in [1.54, 1.807) is 46.1 Å². The van der Waals surface area contributed by atoms with Crippen molar-refractivity contribution in [2.45, 2.75) is 33.0 Å². The van der Waals surface area contributed by atoms with Gasteiger partial charge in [0.2, 0.25) is 0 Å². The molecule has 0 aliphatic rings. The average molecular weight is 485 g/mol. The van der Waals surface area contributed by atoms with Crippen LogP contribution in [0.2, 0.25) is 0 Å². The summed E-state index contributed by atoms with van der Waals surface area (Å²) < 4.78 is 21.0. The van der Waals surface area contributed by atoms with Crippen molar-refractivity contribution in [3.05, 3.63) is 68.6 Å². The fraction of sp³-hybridized carbons (Fsp3) is 0.292. The predicted octanol–water partition coefficient (Wildman–Crippen LogP) is 3.60. The Morgan fingerprint density at radius 1 is 1.35 bits per heavy atom. The molecule has 10 heteroatoms. The third kappa shape index (κ3) is 4.34. The van der Waals surface area contributed by atoms with Gasteiger partial charge >= 0.3 is 0 Å². The number of aromatic nitrogens is 3. The van der Waals surface area contributed by atoms with Crippen molar-refractivity contribution < 1.29 is 19.0 Å². The van der Waals surface area contributed by atoms with Gasteiger partial charge in [-0.05, 0) is 44.5 Å². The molecule has 1 amide bonds. The number of carbonyl (C=O) groups is 1. The lowest BCUT2D eigenvalue weighted by molar-refractivity contribution is 0.0823. The molecule has 0 bridgehead atoms. The molecule has 4 heterocycles. The number of ether oxygens (including phenoxy) is 1. The summed E-state index contributed by atoms with van der Waals surface area (Å²) in [5, 5.41) is 13.8. The molecule has 4 aromatic rings. The minimum atomic E-state index is -1.13. The molecule has 0 aliphatic carbocycles. The van der Waals surface area contributed by atoms with Crippen molar-refractivity contribution in [1.29, 1.82) is 0 Å². The Balaban J connectivity index is 1.87. The number of hydrogen-bond acceptors (Lipinski definition) is 6. The highest BCUT2D eigenvalue weighted by Crippen LogP contribution is 2.44. The highest BCUT2D eigenvalue weighted by Gasteiger charge is 2.25. The van der Waals surface area contributed by atoms with Gasteiger partial charge in [0.1, 0.15) is 29.4 Å². The first-order valence-electron chi connectivity index (χ1n) is 10.5. The van der Waals surface area contributed by atoms with Crippen LogP contribution in [0.4, 0.5) is 4.39 Å². The lowest BCUT2D eigenvalue weighted by Crippen LogP contribution is -2.19. The lowest BCUT2D eigenvalue weighted by Gasteiger charge is -2.13. The fourth-order valence-electron chi connectivity index (χ4n) is 3.61. The van der Waals surface area contributed by atoms with Gasteiger partial charge in [-0.1, -0.05) is 0 Å². The molecule has 0 atom stereocenters. The third-order valence-electron chi connectivity index (χ3n) is 5.50. The molecule has 3 N–H and O–H groups in total. The molecular weight excluding hydrogens is 459 g/mol. The summed E-state index contributed by atoms with van der Waals surface area (Å²) in [6.45, 7) is 5.19. The molecule has 8 nitrogen and oxygen atoms in total. The van der Waals surface area contributed by atoms with Crippen LogP contribution >= 0.6 is 11.3 Å². The van der Waals surface area contributed by atoms with Crippen LogP contribution in [0.25, 0.3) is 21.3 Å². The Morgan fingerprint density at radius 3 is 2.74 bits per heavy atom. The standard InChI is InChI=1S/C24H25FN4O4S/c1-12-6-13(25)9-27-17(12)11-33-18-8-19(24(2,3)32)34-21(18)15-10-29(5)23(31)20-14(15)7-16(28-20)22(30)26-4/h6-10,28,32H,11H2,1-5H3,(H,26,30). The number of thiophene rings is 1. The molecule has 0 radical (unpaired) electrons. The molecule has 0 aliphatic heterocycles. The van der Waals surface area contributed by atoms with E-state index in [0.717, 1.165) is 6.20 Å². The minimum Gasteiger partial charge on any atom is -0.486 e. The molecule has 0 saturated heterocycles. The summed E-state index contributed by atoms with van der Waals surface area (Å²) >= 11 is 1.33. The fourth-order valence-corrected chi connectivity index (χ4v) is 4.74. The molecule has 178 valence electrons. The van der Waals surface area contributed by atoms with Gasteiger partial charge in [-0.25, -0.2) is 4.39 Å². The number of aryl methyl sites for hydroxylation is 2. The Bertz CT molecular complexity index is 1460. The number of aromatic amines is 1. The lowest BCUT2D eigenvalue weighted by atomic mass is 10.1. The number of halogens is 1. The van der Waals surface area contributed by atoms with Crippen molar-refractivity contribution >= 4 is 28.1 Å². The molecule has 0 fully saturated rings. The summed E-state index contributed by atoms with van der Waals surface area (Å²) in [4.78, 5) is 33.3. The second kappa shape index (κ2) is 8.69. The van der Waals surface area contributed by atoms with Crippen molar-refractivity contribution in [3.8, 4) is 16.2 Å². The van der Waals surface area contributed by atoms with Gasteiger partial charge < -0.3 is 24.7 Å². The normalized spacial score (nSPS) is 11.7. The zero-order chi connectivity index (χ0) is 24.8. The van der Waals surface area contributed by atoms with Crippen LogP contribution in [0.15, 0.2) is 35.4 Å². The number of aliphatic hydroxyl groups is 1. The van der Waals surface area contributed by atoms with E-state index < -0.39 is 11.4 Å². The van der Waals surface area contributed by atoms with E-state index >= 15 is 0 Å². The number of fused-ring (bicyclic) bond motifs is 1. The van der Waals surface area contributed by atoms with Crippen LogP contribution in [-0.4, -0.2) is 32.6 Å². The number of amides is 1. The van der Waals surface area contributed by atoms with E-state index in [1.165, 1.54) is 29.0 Å². The highest BCUT2D eigenvalue weighted by molar-refractivity contribution is 7.16. The maximum Gasteiger partial charge on any atom is 0.274 e. The summed E-state index contributed by atoms with van der Waals surface area (Å²) in [6, 6.07) is 4.77. The van der Waals surface area contributed by atoms with E-state index in [1.807, 2.05) is 0 Å². The largest absolute Gasteiger partial charge is 0.486 e. The first kappa shape index (κ1) is 23.7. The second-order valence-corrected chi connectivity index (χ2v) is 9.63. The maximum atomic E-state index is 13.4. The summed E-state index contributed by atoms with van der Waals surface area (Å²) in [7, 11) is 3.14. The third-order valence-corrected chi connectivity index (χ3v) is 6.96. The maximum absolute atomic E-state index is 13.4. The van der Waals surface area contributed by atoms with Gasteiger partial charge in [0, 0.05) is 36.1 Å². The van der Waals surface area contributed by atoms with E-state index in [-0.39, 0.29) is 23.8 Å². The molecule has 0 aromatic carbocycles. The number of pyridine rings is 2. The molecule has 34 heavy (non-hydrogen) atoms. The van der Waals surface area contributed by atoms with Gasteiger partial charge in [0.05, 0.1) is 22.4 Å². The van der Waals surface area contributed by atoms with Crippen LogP contribution < -0.4 is 15.6 Å². The van der Waals surface area contributed by atoms with Gasteiger partial charge in [-0.3, -0.25) is 14.6 Å². The smallest absolute Gasteiger partial charge is 0.274 e. The molecule has 0 unspecified atom stereocenters. The van der Waals surface area contributed by atoms with Crippen LogP contribution in [0.3, 0.4) is 0 Å². The minimum absolute atomic E-state index is 0.0900. The second-order valence-electron chi connectivity index (χ2n) is 8.58. The van der Waals surface area contributed by atoms with E-state index in [0.29, 0.717) is 43.2 Å². The predicted molar refractivity (Wildman–Crippen MR) is 129 cm³/mol. The van der Waals surface area contributed by atoms with Crippen LogP contribution in [0.1, 0.15) is 40.5 Å². The summed E-state index contributed by atoms with van der Waals surface area (Å²) in [6.07, 6.45) is 2.82. The number of H-pyrrole nitrogens is 1. The monoisotopic (exact) mass is 484 g/mol. The number of carbonyl (C=O) groups excluding carboxylic acids is 1. The van der Waals surface area contributed by atoms with Crippen LogP contribution in [-0.2, 0) is 19.3 Å². The van der Waals surface area contributed by atoms with Gasteiger partial charge in [0.25, 0.3) is 11.5 Å². The Hall–Kier alpha value is -3.50. The molecule has 4 rings (SSSR count). The number of nitrogens with one attached hydrogen (secondary N) is 2. The molecular formula is C24H25FN4O4S. The topological polar surface area (TPSA) is 109 Å². The number of hydrogen-bond donors (Lipinski definition) is 3. The van der Waals surface area contributed by atoms with Gasteiger partial charge in [-0.15, -0.1) is 11.3 Å². The first-order valence-corrected chi connectivity index (χ1v) is 11.4. The van der Waals surface area contributed by atoms with E-state index in [2.05, 4.69) is 15.3 Å². The van der Waals surface area contributed by atoms with E-state index in [4.69, 9.17) is 4.74 Å². The molecule has 0 spiro atoms. The summed E-state index contributed by atoms with van der Waals surface area (Å²) in [5.74, 6) is -0.286. The summed E-state index contributed by atoms with van der Waals surface area (Å²) in [5.41, 5.74) is 1.05. The van der Waals surface area contributed by atoms with Crippen molar-refractivity contribution in [1.82, 2.24) is 19.9 Å². The van der Waals surface area contributed by atoms with Crippen molar-refractivity contribution in [2.75, 3.05) is 7.05 Å². The van der Waals surface area contributed by atoms with Crippen molar-refractivity contribution in [3.63, 3.8) is 0 Å². The molecule has 0 saturated carbocycles. The molecule has 4 aromatic heterocycles. The number of nitrogens with zero attached hydrogens (tertiary/aromatic N) is 2. The van der Waals surface area contributed by atoms with Gasteiger partial charge in [0.15, 0.2) is 0 Å². The van der Waals surface area contributed by atoms with Crippen LogP contribution in [0, 0.1) is 12.7 Å². The Labute approximate surface area is 199 Å². The Kier molecular flexibility index (Phi) is 6.05.